The van der Waals surface area contributed by atoms with Crippen LogP contribution in [0.2, 0.25) is 0 Å². The summed E-state index contributed by atoms with van der Waals surface area (Å²) >= 11 is 0. The summed E-state index contributed by atoms with van der Waals surface area (Å²) in [6.45, 7) is 3.08. The zero-order valence-corrected chi connectivity index (χ0v) is 8.79. The van der Waals surface area contributed by atoms with E-state index >= 15 is 0 Å². The van der Waals surface area contributed by atoms with Crippen LogP contribution in [0.4, 0.5) is 0 Å². The molecule has 14 heavy (non-hydrogen) atoms. The van der Waals surface area contributed by atoms with Gasteiger partial charge in [0.15, 0.2) is 0 Å². The van der Waals surface area contributed by atoms with Crippen LogP contribution in [0, 0.1) is 17.3 Å². The Labute approximate surface area is 85.0 Å². The van der Waals surface area contributed by atoms with Crippen LogP contribution in [0.3, 0.4) is 0 Å². The van der Waals surface area contributed by atoms with E-state index in [9.17, 15) is 4.79 Å². The molecule has 0 unspecified atom stereocenters. The van der Waals surface area contributed by atoms with Crippen LogP contribution in [0.5, 0.6) is 0 Å². The molecule has 1 heterocycles. The van der Waals surface area contributed by atoms with Crippen LogP contribution in [-0.2, 0) is 9.53 Å². The van der Waals surface area contributed by atoms with Gasteiger partial charge in [0.25, 0.3) is 0 Å². The Kier molecular flexibility index (Phi) is 1.79. The summed E-state index contributed by atoms with van der Waals surface area (Å²) < 4.78 is 5.87. The van der Waals surface area contributed by atoms with Crippen molar-refractivity contribution in [1.29, 1.82) is 0 Å². The first kappa shape index (κ1) is 8.90. The minimum atomic E-state index is 0.186. The lowest BCUT2D eigenvalue weighted by Gasteiger charge is -2.44. The molecule has 3 rings (SSSR count). The van der Waals surface area contributed by atoms with Crippen molar-refractivity contribution in [1.82, 2.24) is 0 Å². The van der Waals surface area contributed by atoms with Gasteiger partial charge in [0.05, 0.1) is 12.7 Å². The van der Waals surface area contributed by atoms with Gasteiger partial charge in [0.1, 0.15) is 5.78 Å². The Balaban J connectivity index is 1.95. The molecule has 3 fully saturated rings. The van der Waals surface area contributed by atoms with E-state index in [0.29, 0.717) is 23.7 Å². The van der Waals surface area contributed by atoms with Gasteiger partial charge < -0.3 is 4.74 Å². The van der Waals surface area contributed by atoms with Gasteiger partial charge in [-0.1, -0.05) is 13.3 Å². The third-order valence-corrected chi connectivity index (χ3v) is 4.49. The summed E-state index contributed by atoms with van der Waals surface area (Å²) in [4.78, 5) is 11.7. The van der Waals surface area contributed by atoms with Crippen molar-refractivity contribution in [3.8, 4) is 0 Å². The Bertz CT molecular complexity index is 273. The molecule has 2 heteroatoms. The second-order valence-electron chi connectivity index (χ2n) is 5.64. The number of carbonyl (C=O) groups excluding carboxylic acids is 1. The molecule has 2 saturated carbocycles. The third-order valence-electron chi connectivity index (χ3n) is 4.49. The molecule has 0 spiro atoms. The van der Waals surface area contributed by atoms with Gasteiger partial charge in [-0.05, 0) is 24.7 Å². The van der Waals surface area contributed by atoms with E-state index in [4.69, 9.17) is 4.74 Å². The highest BCUT2D eigenvalue weighted by Gasteiger charge is 2.54. The highest BCUT2D eigenvalue weighted by Crippen LogP contribution is 2.54. The SMILES string of the molecule is C[C@@]12CO[C@H]3CCC[C@@H](CC(=O)C1)[C@H]32. The highest BCUT2D eigenvalue weighted by atomic mass is 16.5. The van der Waals surface area contributed by atoms with Gasteiger partial charge in [-0.2, -0.15) is 0 Å². The van der Waals surface area contributed by atoms with E-state index in [1.54, 1.807) is 0 Å². The second-order valence-corrected chi connectivity index (χ2v) is 5.64. The molecule has 3 aliphatic rings. The van der Waals surface area contributed by atoms with Gasteiger partial charge in [-0.25, -0.2) is 0 Å². The average Bonchev–Trinajstić information content (AvgIpc) is 2.45. The van der Waals surface area contributed by atoms with Gasteiger partial charge in [0.2, 0.25) is 0 Å². The molecule has 0 aromatic heterocycles. The normalized spacial score (nSPS) is 51.8. The number of ketones is 1. The topological polar surface area (TPSA) is 26.3 Å². The molecule has 4 atom stereocenters. The van der Waals surface area contributed by atoms with Gasteiger partial charge >= 0.3 is 0 Å². The number of carbonyl (C=O) groups is 1. The van der Waals surface area contributed by atoms with Gasteiger partial charge in [0, 0.05) is 18.3 Å². The fourth-order valence-electron chi connectivity index (χ4n) is 4.06. The first-order valence-electron chi connectivity index (χ1n) is 5.82. The van der Waals surface area contributed by atoms with Gasteiger partial charge in [-0.3, -0.25) is 4.79 Å². The molecule has 2 nitrogen and oxygen atoms in total. The van der Waals surface area contributed by atoms with E-state index in [0.717, 1.165) is 19.4 Å². The molecule has 0 N–H and O–H groups in total. The lowest BCUT2D eigenvalue weighted by molar-refractivity contribution is -0.128. The summed E-state index contributed by atoms with van der Waals surface area (Å²) in [5, 5.41) is 0. The van der Waals surface area contributed by atoms with Crippen molar-refractivity contribution >= 4 is 5.78 Å². The molecular formula is C12H18O2. The lowest BCUT2D eigenvalue weighted by Crippen LogP contribution is -2.44. The number of Topliss-reactive ketones (excluding diaryl/α,β-unsaturated/α-hetero) is 1. The predicted molar refractivity (Wildman–Crippen MR) is 52.9 cm³/mol. The molecule has 0 bridgehead atoms. The van der Waals surface area contributed by atoms with Crippen molar-refractivity contribution in [2.75, 3.05) is 6.61 Å². The Hall–Kier alpha value is -0.370. The van der Waals surface area contributed by atoms with Crippen molar-refractivity contribution < 1.29 is 9.53 Å². The third kappa shape index (κ3) is 1.10. The second kappa shape index (κ2) is 2.82. The largest absolute Gasteiger partial charge is 0.377 e. The first-order valence-corrected chi connectivity index (χ1v) is 5.82. The number of hydrogen-bond acceptors (Lipinski definition) is 2. The lowest BCUT2D eigenvalue weighted by atomic mass is 9.58. The fourth-order valence-corrected chi connectivity index (χ4v) is 4.06. The molecular weight excluding hydrogens is 176 g/mol. The standard InChI is InChI=1S/C12H18O2/c1-12-6-9(13)5-8-3-2-4-10(11(8)12)14-7-12/h8,10-11H,2-7H2,1H3/t8-,10-,11+,12-/m0/s1. The van der Waals surface area contributed by atoms with Crippen molar-refractivity contribution in [2.45, 2.75) is 45.1 Å². The summed E-state index contributed by atoms with van der Waals surface area (Å²) in [5.41, 5.74) is 0.186. The monoisotopic (exact) mass is 194 g/mol. The zero-order valence-electron chi connectivity index (χ0n) is 8.79. The van der Waals surface area contributed by atoms with Crippen LogP contribution < -0.4 is 0 Å². The van der Waals surface area contributed by atoms with E-state index < -0.39 is 0 Å². The van der Waals surface area contributed by atoms with Crippen LogP contribution in [-0.4, -0.2) is 18.5 Å². The molecule has 0 amide bonds. The number of rotatable bonds is 0. The molecule has 0 aromatic rings. The summed E-state index contributed by atoms with van der Waals surface area (Å²) in [5.74, 6) is 1.80. The van der Waals surface area contributed by atoms with Crippen LogP contribution in [0.15, 0.2) is 0 Å². The number of hydrogen-bond donors (Lipinski definition) is 0. The molecule has 1 saturated heterocycles. The smallest absolute Gasteiger partial charge is 0.133 e. The van der Waals surface area contributed by atoms with Crippen LogP contribution in [0.25, 0.3) is 0 Å². The zero-order chi connectivity index (χ0) is 9.76. The van der Waals surface area contributed by atoms with Crippen LogP contribution in [0.1, 0.15) is 39.0 Å². The maximum absolute atomic E-state index is 11.7. The van der Waals surface area contributed by atoms with Gasteiger partial charge in [-0.15, -0.1) is 0 Å². The average molecular weight is 194 g/mol. The molecule has 78 valence electrons. The van der Waals surface area contributed by atoms with E-state index in [2.05, 4.69) is 6.92 Å². The first-order chi connectivity index (χ1) is 6.69. The summed E-state index contributed by atoms with van der Waals surface area (Å²) in [6, 6.07) is 0. The van der Waals surface area contributed by atoms with Crippen molar-refractivity contribution in [2.24, 2.45) is 17.3 Å². The van der Waals surface area contributed by atoms with E-state index in [1.165, 1.54) is 19.3 Å². The summed E-state index contributed by atoms with van der Waals surface area (Å²) in [6.07, 6.45) is 5.82. The van der Waals surface area contributed by atoms with Crippen LogP contribution >= 0.6 is 0 Å². The Morgan fingerprint density at radius 3 is 3.14 bits per heavy atom. The molecule has 2 aliphatic carbocycles. The maximum atomic E-state index is 11.7. The number of ether oxygens (including phenoxy) is 1. The van der Waals surface area contributed by atoms with E-state index in [1.807, 2.05) is 0 Å². The molecule has 1 aliphatic heterocycles. The maximum Gasteiger partial charge on any atom is 0.133 e. The molecule has 0 aromatic carbocycles. The molecule has 0 radical (unpaired) electrons. The quantitative estimate of drug-likeness (QED) is 0.590. The highest BCUT2D eigenvalue weighted by molar-refractivity contribution is 5.80. The Morgan fingerprint density at radius 1 is 1.43 bits per heavy atom. The van der Waals surface area contributed by atoms with Crippen molar-refractivity contribution in [3.63, 3.8) is 0 Å². The minimum absolute atomic E-state index is 0.186. The predicted octanol–water partition coefficient (Wildman–Crippen LogP) is 2.17. The summed E-state index contributed by atoms with van der Waals surface area (Å²) in [7, 11) is 0. The minimum Gasteiger partial charge on any atom is -0.377 e. The van der Waals surface area contributed by atoms with E-state index in [-0.39, 0.29) is 5.41 Å². The Morgan fingerprint density at radius 2 is 2.29 bits per heavy atom. The fraction of sp³-hybridized carbons (Fsp3) is 0.917. The van der Waals surface area contributed by atoms with Crippen molar-refractivity contribution in [3.05, 3.63) is 0 Å².